The summed E-state index contributed by atoms with van der Waals surface area (Å²) in [6.07, 6.45) is 3.79. The lowest BCUT2D eigenvalue weighted by molar-refractivity contribution is -0.135. The third kappa shape index (κ3) is 5.39. The first-order chi connectivity index (χ1) is 19.7. The predicted molar refractivity (Wildman–Crippen MR) is 162 cm³/mol. The quantitative estimate of drug-likeness (QED) is 0.0816. The van der Waals surface area contributed by atoms with Gasteiger partial charge in [0.15, 0.2) is 0 Å². The Morgan fingerprint density at radius 1 is 0.425 bits per heavy atom. The van der Waals surface area contributed by atoms with Crippen molar-refractivity contribution in [3.05, 3.63) is 109 Å². The summed E-state index contributed by atoms with van der Waals surface area (Å²) in [5, 5.41) is 7.94. The molecular weight excluding hydrogens is 496 g/mol. The molecule has 0 radical (unpaired) electrons. The summed E-state index contributed by atoms with van der Waals surface area (Å²) in [4.78, 5) is 25.5. The van der Waals surface area contributed by atoms with Gasteiger partial charge in [0.1, 0.15) is 11.5 Å². The molecule has 0 amide bonds. The maximum Gasteiger partial charge on any atom is 0.311 e. The number of rotatable bonds is 9. The second-order valence-electron chi connectivity index (χ2n) is 10.2. The first-order valence-corrected chi connectivity index (χ1v) is 13.9. The fourth-order valence-corrected chi connectivity index (χ4v) is 5.39. The van der Waals surface area contributed by atoms with Gasteiger partial charge < -0.3 is 9.47 Å². The molecular formula is C36H30O4. The zero-order valence-corrected chi connectivity index (χ0v) is 22.3. The first-order valence-electron chi connectivity index (χ1n) is 13.9. The molecule has 198 valence electrons. The van der Waals surface area contributed by atoms with Crippen LogP contribution in [0.15, 0.2) is 109 Å². The predicted octanol–water partition coefficient (Wildman–Crippen LogP) is 9.15. The molecule has 0 aliphatic rings. The van der Waals surface area contributed by atoms with Gasteiger partial charge >= 0.3 is 11.9 Å². The highest BCUT2D eigenvalue weighted by molar-refractivity contribution is 6.07. The van der Waals surface area contributed by atoms with E-state index in [1.807, 2.05) is 97.1 Å². The lowest BCUT2D eigenvalue weighted by Crippen LogP contribution is -2.09. The zero-order valence-electron chi connectivity index (χ0n) is 22.3. The summed E-state index contributed by atoms with van der Waals surface area (Å²) in [5.74, 6) is 0.789. The van der Waals surface area contributed by atoms with Crippen LogP contribution in [-0.2, 0) is 9.59 Å². The second kappa shape index (κ2) is 11.6. The lowest BCUT2D eigenvalue weighted by atomic mass is 10.0. The van der Waals surface area contributed by atoms with E-state index in [0.29, 0.717) is 37.2 Å². The van der Waals surface area contributed by atoms with Gasteiger partial charge in [-0.15, -0.1) is 0 Å². The Kier molecular flexibility index (Phi) is 7.41. The molecule has 6 aromatic rings. The van der Waals surface area contributed by atoms with Crippen LogP contribution in [0.25, 0.3) is 43.1 Å². The van der Waals surface area contributed by atoms with Crippen molar-refractivity contribution in [3.8, 4) is 11.5 Å². The minimum atomic E-state index is -0.233. The van der Waals surface area contributed by atoms with Gasteiger partial charge in [0, 0.05) is 34.4 Å². The van der Waals surface area contributed by atoms with Crippen molar-refractivity contribution < 1.29 is 19.1 Å². The van der Waals surface area contributed by atoms with Crippen molar-refractivity contribution in [2.75, 3.05) is 0 Å². The highest BCUT2D eigenvalue weighted by Gasteiger charge is 2.14. The van der Waals surface area contributed by atoms with E-state index in [0.717, 1.165) is 55.9 Å². The molecule has 0 aromatic heterocycles. The topological polar surface area (TPSA) is 52.6 Å². The summed E-state index contributed by atoms with van der Waals surface area (Å²) in [7, 11) is 0. The molecule has 0 saturated heterocycles. The van der Waals surface area contributed by atoms with Crippen LogP contribution in [0.5, 0.6) is 11.5 Å². The van der Waals surface area contributed by atoms with Crippen LogP contribution in [-0.4, -0.2) is 11.9 Å². The van der Waals surface area contributed by atoms with Gasteiger partial charge in [-0.1, -0.05) is 110 Å². The highest BCUT2D eigenvalue weighted by Crippen LogP contribution is 2.36. The van der Waals surface area contributed by atoms with Gasteiger partial charge in [-0.2, -0.15) is 0 Å². The average Bonchev–Trinajstić information content (AvgIpc) is 2.98. The Hall–Kier alpha value is -4.70. The molecule has 0 aliphatic carbocycles. The van der Waals surface area contributed by atoms with Crippen molar-refractivity contribution in [2.24, 2.45) is 0 Å². The molecule has 0 N–H and O–H groups in total. The van der Waals surface area contributed by atoms with Crippen molar-refractivity contribution in [1.82, 2.24) is 0 Å². The second-order valence-corrected chi connectivity index (χ2v) is 10.2. The van der Waals surface area contributed by atoms with Crippen LogP contribution >= 0.6 is 0 Å². The minimum Gasteiger partial charge on any atom is -0.425 e. The number of esters is 2. The van der Waals surface area contributed by atoms with E-state index < -0.39 is 0 Å². The van der Waals surface area contributed by atoms with Crippen LogP contribution in [0, 0.1) is 0 Å². The average molecular weight is 527 g/mol. The Bertz CT molecular complexity index is 1610. The van der Waals surface area contributed by atoms with Crippen molar-refractivity contribution in [1.29, 1.82) is 0 Å². The summed E-state index contributed by atoms with van der Waals surface area (Å²) < 4.78 is 11.8. The van der Waals surface area contributed by atoms with E-state index in [9.17, 15) is 9.59 Å². The van der Waals surface area contributed by atoms with Crippen LogP contribution in [0.1, 0.15) is 38.5 Å². The van der Waals surface area contributed by atoms with Gasteiger partial charge in [0.2, 0.25) is 0 Å². The molecule has 4 nitrogen and oxygen atoms in total. The van der Waals surface area contributed by atoms with Gasteiger partial charge in [0.05, 0.1) is 0 Å². The smallest absolute Gasteiger partial charge is 0.311 e. The first kappa shape index (κ1) is 25.6. The molecule has 40 heavy (non-hydrogen) atoms. The van der Waals surface area contributed by atoms with Crippen LogP contribution < -0.4 is 9.47 Å². The molecule has 0 heterocycles. The summed E-state index contributed by atoms with van der Waals surface area (Å²) in [5.41, 5.74) is 0. The third-order valence-corrected chi connectivity index (χ3v) is 7.39. The van der Waals surface area contributed by atoms with Gasteiger partial charge in [-0.3, -0.25) is 9.59 Å². The molecule has 6 rings (SSSR count). The molecule has 0 aliphatic heterocycles. The molecule has 0 bridgehead atoms. The van der Waals surface area contributed by atoms with E-state index in [1.54, 1.807) is 0 Å². The molecule has 0 spiro atoms. The Balaban J connectivity index is 1.02. The fraction of sp³-hybridized carbons (Fsp3) is 0.167. The molecule has 0 fully saturated rings. The van der Waals surface area contributed by atoms with Gasteiger partial charge in [-0.25, -0.2) is 0 Å². The Morgan fingerprint density at radius 2 is 0.725 bits per heavy atom. The van der Waals surface area contributed by atoms with Crippen LogP contribution in [0.2, 0.25) is 0 Å². The van der Waals surface area contributed by atoms with E-state index in [4.69, 9.17) is 9.47 Å². The van der Waals surface area contributed by atoms with Crippen molar-refractivity contribution in [2.45, 2.75) is 38.5 Å². The maximum atomic E-state index is 12.8. The molecule has 0 saturated carbocycles. The number of fused-ring (bicyclic) bond motifs is 4. The fourth-order valence-electron chi connectivity index (χ4n) is 5.39. The van der Waals surface area contributed by atoms with E-state index in [-0.39, 0.29) is 11.9 Å². The number of hydrogen-bond acceptors (Lipinski definition) is 4. The number of carbonyl (C=O) groups excluding carboxylic acids is 2. The number of ether oxygens (including phenoxy) is 2. The van der Waals surface area contributed by atoms with E-state index >= 15 is 0 Å². The molecule has 0 unspecified atom stereocenters. The molecule has 6 aromatic carbocycles. The Labute approximate surface area is 233 Å². The van der Waals surface area contributed by atoms with Gasteiger partial charge in [-0.05, 0) is 46.5 Å². The number of carbonyl (C=O) groups is 2. The molecule has 4 heteroatoms. The standard InChI is InChI=1S/C36H30O4/c37-33(39-35-29-17-9-5-13-25(29)23-26-14-6-10-18-30(26)35)21-3-1-2-4-22-34(38)40-36-31-19-11-7-15-27(31)24-28-16-8-12-20-32(28)36/h5-20,23-24H,1-4,21-22H2. The maximum absolute atomic E-state index is 12.8. The van der Waals surface area contributed by atoms with Crippen LogP contribution in [0.4, 0.5) is 0 Å². The van der Waals surface area contributed by atoms with Crippen molar-refractivity contribution in [3.63, 3.8) is 0 Å². The highest BCUT2D eigenvalue weighted by atomic mass is 16.5. The number of benzene rings is 6. The largest absolute Gasteiger partial charge is 0.425 e. The zero-order chi connectivity index (χ0) is 27.3. The van der Waals surface area contributed by atoms with Crippen molar-refractivity contribution >= 4 is 55.0 Å². The number of unbranched alkanes of at least 4 members (excludes halogenated alkanes) is 3. The van der Waals surface area contributed by atoms with Crippen LogP contribution in [0.3, 0.4) is 0 Å². The normalized spacial score (nSPS) is 11.3. The minimum absolute atomic E-state index is 0.233. The third-order valence-electron chi connectivity index (χ3n) is 7.39. The summed E-state index contributed by atoms with van der Waals surface area (Å²) in [6, 6.07) is 36.1. The van der Waals surface area contributed by atoms with Gasteiger partial charge in [0.25, 0.3) is 0 Å². The SMILES string of the molecule is O=C(CCCCCCC(=O)Oc1c2ccccc2cc2ccccc12)Oc1c2ccccc2cc2ccccc12. The number of hydrogen-bond donors (Lipinski definition) is 0. The Morgan fingerprint density at radius 3 is 1.05 bits per heavy atom. The summed E-state index contributed by atoms with van der Waals surface area (Å²) >= 11 is 0. The lowest BCUT2D eigenvalue weighted by Gasteiger charge is -2.12. The van der Waals surface area contributed by atoms with E-state index in [2.05, 4.69) is 12.1 Å². The molecule has 0 atom stereocenters. The summed E-state index contributed by atoms with van der Waals surface area (Å²) in [6.45, 7) is 0. The monoisotopic (exact) mass is 526 g/mol. The van der Waals surface area contributed by atoms with E-state index in [1.165, 1.54) is 0 Å².